The van der Waals surface area contributed by atoms with Crippen LogP contribution in [0.1, 0.15) is 59.7 Å². The number of nitrogens with one attached hydrogen (secondary N) is 1. The third-order valence-electron chi connectivity index (χ3n) is 7.06. The minimum absolute atomic E-state index is 0.0225. The summed E-state index contributed by atoms with van der Waals surface area (Å²) in [4.78, 5) is 28.2. The first-order valence-electron chi connectivity index (χ1n) is 12.7. The van der Waals surface area contributed by atoms with Gasteiger partial charge in [-0.05, 0) is 73.7 Å². The van der Waals surface area contributed by atoms with Crippen LogP contribution in [0.5, 0.6) is 0 Å². The largest absolute Gasteiger partial charge is 0.447 e. The summed E-state index contributed by atoms with van der Waals surface area (Å²) in [6.07, 6.45) is -10.5. The van der Waals surface area contributed by atoms with Gasteiger partial charge in [-0.2, -0.15) is 26.3 Å². The van der Waals surface area contributed by atoms with Crippen molar-refractivity contribution in [1.29, 1.82) is 0 Å². The Bertz CT molecular complexity index is 1220. The standard InChI is InChI=1S/C27H30F7N3O4/c1-15-10-20(28)4-5-22(15)23-14-21(35-24(39)41-9-8-38)6-7-37(23)25(40)36(3)16(2)17-11-18(26(29,30)31)13-19(12-17)27(32,33)34/h4-5,10-13,16,21,23,38H,6-9,14H2,1-3H3,(H,35,39)/t16-,21+,23-/m1/s1. The van der Waals surface area contributed by atoms with Crippen LogP contribution in [0.4, 0.5) is 40.3 Å². The van der Waals surface area contributed by atoms with E-state index in [9.17, 15) is 40.3 Å². The van der Waals surface area contributed by atoms with Gasteiger partial charge in [-0.25, -0.2) is 14.0 Å². The van der Waals surface area contributed by atoms with Crippen molar-refractivity contribution in [3.8, 4) is 0 Å². The van der Waals surface area contributed by atoms with Crippen molar-refractivity contribution in [2.45, 2.75) is 57.2 Å². The Morgan fingerprint density at radius 1 is 1.10 bits per heavy atom. The molecule has 226 valence electrons. The number of carbonyl (C=O) groups excluding carboxylic acids is 2. The summed E-state index contributed by atoms with van der Waals surface area (Å²) in [5.41, 5.74) is -2.29. The molecule has 0 spiro atoms. The van der Waals surface area contributed by atoms with Gasteiger partial charge in [0.05, 0.1) is 29.8 Å². The SMILES string of the molecule is Cc1cc(F)ccc1[C@H]1C[C@@H](NC(=O)OCCO)CCN1C(=O)N(C)[C@H](C)c1cc(C(F)(F)F)cc(C(F)(F)F)c1. The first-order chi connectivity index (χ1) is 19.0. The molecule has 2 aromatic carbocycles. The number of urea groups is 1. The number of likely N-dealkylation sites (tertiary alicyclic amines) is 1. The molecule has 0 radical (unpaired) electrons. The number of aliphatic hydroxyl groups excluding tert-OH is 1. The predicted molar refractivity (Wildman–Crippen MR) is 133 cm³/mol. The Morgan fingerprint density at radius 2 is 1.71 bits per heavy atom. The monoisotopic (exact) mass is 593 g/mol. The van der Waals surface area contributed by atoms with Crippen LogP contribution in [0.25, 0.3) is 0 Å². The summed E-state index contributed by atoms with van der Waals surface area (Å²) < 4.78 is 99.2. The third-order valence-corrected chi connectivity index (χ3v) is 7.06. The Hall–Kier alpha value is -3.55. The van der Waals surface area contributed by atoms with Crippen LogP contribution in [-0.4, -0.2) is 59.9 Å². The van der Waals surface area contributed by atoms with Gasteiger partial charge in [0.1, 0.15) is 12.4 Å². The summed E-state index contributed by atoms with van der Waals surface area (Å²) in [7, 11) is 1.27. The zero-order valence-electron chi connectivity index (χ0n) is 22.4. The molecule has 1 aliphatic rings. The second kappa shape index (κ2) is 12.5. The third kappa shape index (κ3) is 7.80. The van der Waals surface area contributed by atoms with Crippen molar-refractivity contribution in [2.24, 2.45) is 0 Å². The average Bonchev–Trinajstić information content (AvgIpc) is 2.89. The molecular formula is C27H30F7N3O4. The average molecular weight is 594 g/mol. The molecule has 1 aliphatic heterocycles. The predicted octanol–water partition coefficient (Wildman–Crippen LogP) is 6.21. The molecule has 3 rings (SSSR count). The smallest absolute Gasteiger partial charge is 0.416 e. The van der Waals surface area contributed by atoms with E-state index in [-0.39, 0.29) is 44.2 Å². The molecule has 2 aromatic rings. The van der Waals surface area contributed by atoms with Crippen LogP contribution < -0.4 is 5.32 Å². The molecule has 1 fully saturated rings. The zero-order chi connectivity index (χ0) is 30.7. The number of ether oxygens (including phenoxy) is 1. The van der Waals surface area contributed by atoms with Gasteiger partial charge in [0.25, 0.3) is 0 Å². The number of alkyl carbamates (subject to hydrolysis) is 1. The van der Waals surface area contributed by atoms with Crippen molar-refractivity contribution in [1.82, 2.24) is 15.1 Å². The summed E-state index contributed by atoms with van der Waals surface area (Å²) in [6, 6.07) is 2.05. The maximum absolute atomic E-state index is 13.8. The molecule has 0 bridgehead atoms. The molecule has 14 heteroatoms. The van der Waals surface area contributed by atoms with Gasteiger partial charge in [-0.3, -0.25) is 0 Å². The molecule has 0 unspecified atom stereocenters. The number of carbonyl (C=O) groups is 2. The number of aliphatic hydroxyl groups is 1. The van der Waals surface area contributed by atoms with Crippen LogP contribution in [0.15, 0.2) is 36.4 Å². The number of alkyl halides is 6. The fourth-order valence-electron chi connectivity index (χ4n) is 4.79. The second-order valence-corrected chi connectivity index (χ2v) is 9.84. The van der Waals surface area contributed by atoms with Gasteiger partial charge < -0.3 is 25.0 Å². The van der Waals surface area contributed by atoms with Gasteiger partial charge in [0.15, 0.2) is 0 Å². The maximum Gasteiger partial charge on any atom is 0.416 e. The molecule has 2 N–H and O–H groups in total. The summed E-state index contributed by atoms with van der Waals surface area (Å²) >= 11 is 0. The molecule has 0 aliphatic carbocycles. The van der Waals surface area contributed by atoms with E-state index < -0.39 is 59.5 Å². The lowest BCUT2D eigenvalue weighted by atomic mass is 9.89. The van der Waals surface area contributed by atoms with E-state index >= 15 is 0 Å². The van der Waals surface area contributed by atoms with Gasteiger partial charge >= 0.3 is 24.5 Å². The van der Waals surface area contributed by atoms with Crippen molar-refractivity contribution in [3.63, 3.8) is 0 Å². The quantitative estimate of drug-likeness (QED) is 0.391. The lowest BCUT2D eigenvalue weighted by molar-refractivity contribution is -0.143. The van der Waals surface area contributed by atoms with Crippen LogP contribution in [0, 0.1) is 12.7 Å². The molecule has 3 atom stereocenters. The Morgan fingerprint density at radius 3 is 2.24 bits per heavy atom. The topological polar surface area (TPSA) is 82.1 Å². The van der Waals surface area contributed by atoms with Gasteiger partial charge in [-0.15, -0.1) is 0 Å². The fourth-order valence-corrected chi connectivity index (χ4v) is 4.79. The highest BCUT2D eigenvalue weighted by molar-refractivity contribution is 5.76. The van der Waals surface area contributed by atoms with E-state index in [0.29, 0.717) is 23.3 Å². The van der Waals surface area contributed by atoms with Gasteiger partial charge in [0, 0.05) is 19.6 Å². The summed E-state index contributed by atoms with van der Waals surface area (Å²) in [5.74, 6) is -0.516. The van der Waals surface area contributed by atoms with Crippen LogP contribution >= 0.6 is 0 Å². The van der Waals surface area contributed by atoms with E-state index in [1.807, 2.05) is 0 Å². The molecule has 3 amide bonds. The van der Waals surface area contributed by atoms with Crippen LogP contribution in [0.3, 0.4) is 0 Å². The molecule has 41 heavy (non-hydrogen) atoms. The molecule has 0 saturated carbocycles. The first-order valence-corrected chi connectivity index (χ1v) is 12.7. The Balaban J connectivity index is 1.93. The number of amides is 3. The highest BCUT2D eigenvalue weighted by atomic mass is 19.4. The number of benzene rings is 2. The summed E-state index contributed by atoms with van der Waals surface area (Å²) in [6.45, 7) is 2.40. The molecule has 1 heterocycles. The van der Waals surface area contributed by atoms with Crippen LogP contribution in [0.2, 0.25) is 0 Å². The number of rotatable bonds is 6. The van der Waals surface area contributed by atoms with E-state index in [2.05, 4.69) is 5.32 Å². The number of hydrogen-bond acceptors (Lipinski definition) is 4. The van der Waals surface area contributed by atoms with Crippen molar-refractivity contribution in [3.05, 3.63) is 70.0 Å². The van der Waals surface area contributed by atoms with Gasteiger partial charge in [-0.1, -0.05) is 6.07 Å². The zero-order valence-corrected chi connectivity index (χ0v) is 22.4. The molecule has 0 aromatic heterocycles. The number of aryl methyl sites for hydroxylation is 1. The minimum atomic E-state index is -5.04. The maximum atomic E-state index is 13.8. The lowest BCUT2D eigenvalue weighted by Crippen LogP contribution is -2.51. The second-order valence-electron chi connectivity index (χ2n) is 9.84. The molecular weight excluding hydrogens is 563 g/mol. The van der Waals surface area contributed by atoms with Crippen LogP contribution in [-0.2, 0) is 17.1 Å². The Kier molecular flexibility index (Phi) is 9.77. The lowest BCUT2D eigenvalue weighted by Gasteiger charge is -2.43. The van der Waals surface area contributed by atoms with Crippen molar-refractivity contribution < 1.29 is 50.2 Å². The first kappa shape index (κ1) is 32.0. The molecule has 7 nitrogen and oxygen atoms in total. The number of piperidine rings is 1. The molecule has 1 saturated heterocycles. The van der Waals surface area contributed by atoms with E-state index in [1.54, 1.807) is 6.92 Å². The van der Waals surface area contributed by atoms with Crippen molar-refractivity contribution >= 4 is 12.1 Å². The minimum Gasteiger partial charge on any atom is -0.447 e. The normalized spacial score (nSPS) is 18.6. The highest BCUT2D eigenvalue weighted by Crippen LogP contribution is 2.39. The summed E-state index contributed by atoms with van der Waals surface area (Å²) in [5, 5.41) is 11.5. The number of nitrogens with zero attached hydrogens (tertiary/aromatic N) is 2. The number of halogens is 7. The van der Waals surface area contributed by atoms with E-state index in [0.717, 1.165) is 4.90 Å². The highest BCUT2D eigenvalue weighted by Gasteiger charge is 2.39. The van der Waals surface area contributed by atoms with E-state index in [1.165, 1.54) is 37.1 Å². The Labute approximate surface area is 231 Å². The van der Waals surface area contributed by atoms with Crippen molar-refractivity contribution in [2.75, 3.05) is 26.8 Å². The number of hydrogen-bond donors (Lipinski definition) is 2. The van der Waals surface area contributed by atoms with Gasteiger partial charge in [0.2, 0.25) is 0 Å². The van der Waals surface area contributed by atoms with E-state index in [4.69, 9.17) is 9.84 Å². The fraction of sp³-hybridized carbons (Fsp3) is 0.481.